The standard InChI is InChI=1S/C16H9N3/c17-12-14-15(10-9-13-6-2-1-3-7-13)19-11-5-4-8-16(19)18-14/h1-8,11H. The Hall–Kier alpha value is -3.04. The Morgan fingerprint density at radius 2 is 1.74 bits per heavy atom. The average molecular weight is 243 g/mol. The van der Waals surface area contributed by atoms with E-state index in [1.54, 1.807) is 0 Å². The molecule has 19 heavy (non-hydrogen) atoms. The van der Waals surface area contributed by atoms with E-state index in [1.807, 2.05) is 59.1 Å². The summed E-state index contributed by atoms with van der Waals surface area (Å²) in [5.41, 5.74) is 2.63. The summed E-state index contributed by atoms with van der Waals surface area (Å²) in [5, 5.41) is 9.12. The van der Waals surface area contributed by atoms with Crippen LogP contribution in [-0.2, 0) is 0 Å². The molecule has 0 aliphatic heterocycles. The first-order valence-corrected chi connectivity index (χ1v) is 5.83. The fourth-order valence-electron chi connectivity index (χ4n) is 1.85. The molecule has 0 aliphatic rings. The van der Waals surface area contributed by atoms with Crippen LogP contribution in [0.25, 0.3) is 5.65 Å². The molecule has 1 aromatic carbocycles. The van der Waals surface area contributed by atoms with E-state index in [2.05, 4.69) is 22.9 Å². The highest BCUT2D eigenvalue weighted by molar-refractivity contribution is 5.54. The number of nitrogens with zero attached hydrogens (tertiary/aromatic N) is 3. The number of pyridine rings is 1. The fraction of sp³-hybridized carbons (Fsp3) is 0. The lowest BCUT2D eigenvalue weighted by atomic mass is 10.2. The zero-order valence-corrected chi connectivity index (χ0v) is 10.0. The van der Waals surface area contributed by atoms with Gasteiger partial charge in [0, 0.05) is 11.8 Å². The van der Waals surface area contributed by atoms with Gasteiger partial charge >= 0.3 is 0 Å². The van der Waals surface area contributed by atoms with Gasteiger partial charge in [0.1, 0.15) is 17.4 Å². The Balaban J connectivity index is 2.16. The van der Waals surface area contributed by atoms with E-state index in [-0.39, 0.29) is 0 Å². The molecule has 0 amide bonds. The van der Waals surface area contributed by atoms with Crippen LogP contribution in [0.2, 0.25) is 0 Å². The highest BCUT2D eigenvalue weighted by Crippen LogP contribution is 2.10. The SMILES string of the molecule is N#Cc1nc2ccccn2c1C#Cc1ccccc1. The summed E-state index contributed by atoms with van der Waals surface area (Å²) >= 11 is 0. The first-order valence-electron chi connectivity index (χ1n) is 5.83. The second-order valence-electron chi connectivity index (χ2n) is 3.97. The summed E-state index contributed by atoms with van der Waals surface area (Å²) in [4.78, 5) is 4.24. The highest BCUT2D eigenvalue weighted by atomic mass is 15.0. The van der Waals surface area contributed by atoms with Crippen molar-refractivity contribution < 1.29 is 0 Å². The van der Waals surface area contributed by atoms with Gasteiger partial charge in [-0.25, -0.2) is 4.98 Å². The lowest BCUT2D eigenvalue weighted by molar-refractivity contribution is 1.16. The van der Waals surface area contributed by atoms with Crippen molar-refractivity contribution in [3.63, 3.8) is 0 Å². The van der Waals surface area contributed by atoms with Gasteiger partial charge < -0.3 is 0 Å². The van der Waals surface area contributed by atoms with Gasteiger partial charge in [-0.2, -0.15) is 5.26 Å². The summed E-state index contributed by atoms with van der Waals surface area (Å²) < 4.78 is 1.83. The molecule has 88 valence electrons. The number of imidazole rings is 1. The topological polar surface area (TPSA) is 41.1 Å². The largest absolute Gasteiger partial charge is 0.292 e. The molecule has 0 fully saturated rings. The molecule has 0 radical (unpaired) electrons. The number of hydrogen-bond acceptors (Lipinski definition) is 2. The van der Waals surface area contributed by atoms with E-state index >= 15 is 0 Å². The number of hydrogen-bond donors (Lipinski definition) is 0. The van der Waals surface area contributed by atoms with Crippen molar-refractivity contribution in [3.05, 3.63) is 71.7 Å². The van der Waals surface area contributed by atoms with Gasteiger partial charge in [0.05, 0.1) is 0 Å². The number of fused-ring (bicyclic) bond motifs is 1. The van der Waals surface area contributed by atoms with Crippen LogP contribution >= 0.6 is 0 Å². The molecule has 2 heterocycles. The van der Waals surface area contributed by atoms with E-state index in [4.69, 9.17) is 5.26 Å². The van der Waals surface area contributed by atoms with Gasteiger partial charge in [0.2, 0.25) is 0 Å². The zero-order chi connectivity index (χ0) is 13.1. The molecular formula is C16H9N3. The number of aromatic nitrogens is 2. The Labute approximate surface area is 110 Å². The summed E-state index contributed by atoms with van der Waals surface area (Å²) in [5.74, 6) is 6.08. The minimum atomic E-state index is 0.356. The molecule has 3 rings (SSSR count). The molecule has 0 spiro atoms. The van der Waals surface area contributed by atoms with Crippen molar-refractivity contribution in [2.45, 2.75) is 0 Å². The molecule has 0 N–H and O–H groups in total. The Morgan fingerprint density at radius 1 is 0.947 bits per heavy atom. The molecule has 0 unspecified atom stereocenters. The first-order chi connectivity index (χ1) is 9.38. The maximum atomic E-state index is 9.12. The van der Waals surface area contributed by atoms with Gasteiger partial charge in [-0.1, -0.05) is 30.2 Å². The molecule has 0 bridgehead atoms. The second kappa shape index (κ2) is 4.68. The van der Waals surface area contributed by atoms with Crippen LogP contribution in [0.5, 0.6) is 0 Å². The first kappa shape index (κ1) is 11.1. The molecule has 0 saturated carbocycles. The highest BCUT2D eigenvalue weighted by Gasteiger charge is 2.08. The fourth-order valence-corrected chi connectivity index (χ4v) is 1.85. The van der Waals surface area contributed by atoms with Gasteiger partial charge in [0.25, 0.3) is 0 Å². The van der Waals surface area contributed by atoms with E-state index in [0.29, 0.717) is 11.4 Å². The molecule has 3 heteroatoms. The smallest absolute Gasteiger partial charge is 0.175 e. The quantitative estimate of drug-likeness (QED) is 0.569. The zero-order valence-electron chi connectivity index (χ0n) is 10.0. The van der Waals surface area contributed by atoms with Crippen molar-refractivity contribution >= 4 is 5.65 Å². The van der Waals surface area contributed by atoms with E-state index in [1.165, 1.54) is 0 Å². The van der Waals surface area contributed by atoms with Crippen LogP contribution in [0.1, 0.15) is 17.0 Å². The molecule has 2 aromatic heterocycles. The normalized spacial score (nSPS) is 9.63. The summed E-state index contributed by atoms with van der Waals surface area (Å²) in [7, 11) is 0. The van der Waals surface area contributed by atoms with Crippen LogP contribution in [0.15, 0.2) is 54.7 Å². The van der Waals surface area contributed by atoms with Crippen molar-refractivity contribution in [1.29, 1.82) is 5.26 Å². The van der Waals surface area contributed by atoms with Gasteiger partial charge in [-0.15, -0.1) is 0 Å². The molecule has 3 aromatic rings. The lowest BCUT2D eigenvalue weighted by Gasteiger charge is -1.93. The van der Waals surface area contributed by atoms with Crippen LogP contribution in [-0.4, -0.2) is 9.38 Å². The Kier molecular flexibility index (Phi) is 2.73. The number of rotatable bonds is 0. The summed E-state index contributed by atoms with van der Waals surface area (Å²) in [6, 6.07) is 17.4. The van der Waals surface area contributed by atoms with Crippen LogP contribution in [0, 0.1) is 23.2 Å². The Morgan fingerprint density at radius 3 is 2.53 bits per heavy atom. The molecule has 0 saturated heterocycles. The third kappa shape index (κ3) is 2.06. The lowest BCUT2D eigenvalue weighted by Crippen LogP contribution is -1.88. The average Bonchev–Trinajstić information content (AvgIpc) is 2.84. The van der Waals surface area contributed by atoms with Crippen molar-refractivity contribution in [2.75, 3.05) is 0 Å². The van der Waals surface area contributed by atoms with E-state index < -0.39 is 0 Å². The summed E-state index contributed by atoms with van der Waals surface area (Å²) in [6.07, 6.45) is 1.86. The van der Waals surface area contributed by atoms with Crippen molar-refractivity contribution in [1.82, 2.24) is 9.38 Å². The molecule has 3 nitrogen and oxygen atoms in total. The van der Waals surface area contributed by atoms with Gasteiger partial charge in [-0.05, 0) is 30.2 Å². The minimum Gasteiger partial charge on any atom is -0.292 e. The van der Waals surface area contributed by atoms with E-state index in [9.17, 15) is 0 Å². The molecular weight excluding hydrogens is 234 g/mol. The van der Waals surface area contributed by atoms with Crippen molar-refractivity contribution in [3.8, 4) is 17.9 Å². The Bertz CT molecular complexity index is 827. The molecule has 0 atom stereocenters. The van der Waals surface area contributed by atoms with Gasteiger partial charge in [0.15, 0.2) is 5.69 Å². The molecule has 0 aliphatic carbocycles. The number of benzene rings is 1. The van der Waals surface area contributed by atoms with Crippen LogP contribution in [0.4, 0.5) is 0 Å². The predicted octanol–water partition coefficient (Wildman–Crippen LogP) is 2.61. The maximum Gasteiger partial charge on any atom is 0.175 e. The minimum absolute atomic E-state index is 0.356. The van der Waals surface area contributed by atoms with Crippen LogP contribution < -0.4 is 0 Å². The van der Waals surface area contributed by atoms with E-state index in [0.717, 1.165) is 11.2 Å². The summed E-state index contributed by atoms with van der Waals surface area (Å²) in [6.45, 7) is 0. The van der Waals surface area contributed by atoms with Crippen LogP contribution in [0.3, 0.4) is 0 Å². The predicted molar refractivity (Wildman–Crippen MR) is 72.3 cm³/mol. The maximum absolute atomic E-state index is 9.12. The third-order valence-corrected chi connectivity index (χ3v) is 2.73. The number of nitriles is 1. The third-order valence-electron chi connectivity index (χ3n) is 2.73. The van der Waals surface area contributed by atoms with Gasteiger partial charge in [-0.3, -0.25) is 4.40 Å². The second-order valence-corrected chi connectivity index (χ2v) is 3.97. The van der Waals surface area contributed by atoms with Crippen molar-refractivity contribution in [2.24, 2.45) is 0 Å². The monoisotopic (exact) mass is 243 g/mol.